The molecule has 122 valence electrons. The van der Waals surface area contributed by atoms with Gasteiger partial charge in [0.1, 0.15) is 11.5 Å². The molecule has 23 heavy (non-hydrogen) atoms. The first-order chi connectivity index (χ1) is 11.1. The molecule has 0 aromatic heterocycles. The standard InChI is InChI=1S/C18H20ClNO3/c1-3-17(23-16-9-5-7-14(19)11-16)18(21)20-12-13-6-4-8-15(10-13)22-2/h4-11,17H,3,12H2,1-2H3,(H,20,21). The molecule has 0 heterocycles. The fraction of sp³-hybridized carbons (Fsp3) is 0.278. The quantitative estimate of drug-likeness (QED) is 0.837. The van der Waals surface area contributed by atoms with Crippen molar-refractivity contribution in [2.75, 3.05) is 7.11 Å². The molecule has 0 saturated heterocycles. The molecule has 0 saturated carbocycles. The first kappa shape index (κ1) is 17.2. The van der Waals surface area contributed by atoms with Crippen LogP contribution < -0.4 is 14.8 Å². The van der Waals surface area contributed by atoms with E-state index in [4.69, 9.17) is 21.1 Å². The Kier molecular flexibility index (Phi) is 6.29. The van der Waals surface area contributed by atoms with Crippen molar-refractivity contribution in [2.24, 2.45) is 0 Å². The Labute approximate surface area is 141 Å². The summed E-state index contributed by atoms with van der Waals surface area (Å²) in [5.41, 5.74) is 0.968. The van der Waals surface area contributed by atoms with Gasteiger partial charge < -0.3 is 14.8 Å². The van der Waals surface area contributed by atoms with Gasteiger partial charge in [-0.3, -0.25) is 4.79 Å². The highest BCUT2D eigenvalue weighted by Crippen LogP contribution is 2.19. The SMILES string of the molecule is CCC(Oc1cccc(Cl)c1)C(=O)NCc1cccc(OC)c1. The second-order valence-electron chi connectivity index (χ2n) is 5.04. The number of carbonyl (C=O) groups excluding carboxylic acids is 1. The highest BCUT2D eigenvalue weighted by molar-refractivity contribution is 6.30. The Bertz CT molecular complexity index is 660. The molecule has 1 amide bonds. The molecule has 0 aliphatic rings. The van der Waals surface area contributed by atoms with E-state index in [1.165, 1.54) is 0 Å². The van der Waals surface area contributed by atoms with Crippen LogP contribution in [0, 0.1) is 0 Å². The molecule has 1 unspecified atom stereocenters. The molecule has 0 spiro atoms. The molecule has 0 aliphatic carbocycles. The minimum Gasteiger partial charge on any atom is -0.497 e. The van der Waals surface area contributed by atoms with Crippen LogP contribution in [0.1, 0.15) is 18.9 Å². The third-order valence-electron chi connectivity index (χ3n) is 3.34. The molecule has 0 bridgehead atoms. The fourth-order valence-corrected chi connectivity index (χ4v) is 2.29. The van der Waals surface area contributed by atoms with Gasteiger partial charge in [-0.25, -0.2) is 0 Å². The third kappa shape index (κ3) is 5.18. The monoisotopic (exact) mass is 333 g/mol. The van der Waals surface area contributed by atoms with E-state index in [1.54, 1.807) is 31.4 Å². The van der Waals surface area contributed by atoms with E-state index in [0.717, 1.165) is 11.3 Å². The first-order valence-corrected chi connectivity index (χ1v) is 7.83. The summed E-state index contributed by atoms with van der Waals surface area (Å²) in [5, 5.41) is 3.46. The van der Waals surface area contributed by atoms with Crippen LogP contribution in [0.2, 0.25) is 5.02 Å². The molecule has 2 aromatic rings. The van der Waals surface area contributed by atoms with Crippen LogP contribution in [-0.2, 0) is 11.3 Å². The Morgan fingerprint density at radius 3 is 2.61 bits per heavy atom. The molecule has 0 fully saturated rings. The Hall–Kier alpha value is -2.20. The highest BCUT2D eigenvalue weighted by atomic mass is 35.5. The summed E-state index contributed by atoms with van der Waals surface area (Å²) in [4.78, 5) is 12.3. The van der Waals surface area contributed by atoms with Gasteiger partial charge in [0.2, 0.25) is 0 Å². The second kappa shape index (κ2) is 8.44. The van der Waals surface area contributed by atoms with E-state index in [-0.39, 0.29) is 5.91 Å². The maximum Gasteiger partial charge on any atom is 0.261 e. The summed E-state index contributed by atoms with van der Waals surface area (Å²) in [7, 11) is 1.61. The largest absolute Gasteiger partial charge is 0.497 e. The summed E-state index contributed by atoms with van der Waals surface area (Å²) in [6, 6.07) is 14.6. The Morgan fingerprint density at radius 2 is 1.91 bits per heavy atom. The number of hydrogen-bond acceptors (Lipinski definition) is 3. The van der Waals surface area contributed by atoms with E-state index < -0.39 is 6.10 Å². The highest BCUT2D eigenvalue weighted by Gasteiger charge is 2.18. The third-order valence-corrected chi connectivity index (χ3v) is 3.57. The number of halogens is 1. The summed E-state index contributed by atoms with van der Waals surface area (Å²) < 4.78 is 10.9. The number of rotatable bonds is 7. The van der Waals surface area contributed by atoms with Crippen LogP contribution in [0.5, 0.6) is 11.5 Å². The van der Waals surface area contributed by atoms with Crippen LogP contribution in [0.15, 0.2) is 48.5 Å². The Morgan fingerprint density at radius 1 is 1.17 bits per heavy atom. The maximum absolute atomic E-state index is 12.3. The van der Waals surface area contributed by atoms with Gasteiger partial charge in [-0.2, -0.15) is 0 Å². The van der Waals surface area contributed by atoms with Gasteiger partial charge in [-0.1, -0.05) is 36.7 Å². The van der Waals surface area contributed by atoms with Crippen LogP contribution in [0.4, 0.5) is 0 Å². The molecular weight excluding hydrogens is 314 g/mol. The second-order valence-corrected chi connectivity index (χ2v) is 5.48. The van der Waals surface area contributed by atoms with Crippen molar-refractivity contribution in [1.82, 2.24) is 5.32 Å². The van der Waals surface area contributed by atoms with Crippen molar-refractivity contribution < 1.29 is 14.3 Å². The van der Waals surface area contributed by atoms with Crippen molar-refractivity contribution in [3.05, 3.63) is 59.1 Å². The molecule has 1 atom stereocenters. The normalized spacial score (nSPS) is 11.6. The average molecular weight is 334 g/mol. The zero-order chi connectivity index (χ0) is 16.7. The van der Waals surface area contributed by atoms with Crippen molar-refractivity contribution in [3.8, 4) is 11.5 Å². The van der Waals surface area contributed by atoms with Gasteiger partial charge in [0.05, 0.1) is 7.11 Å². The van der Waals surface area contributed by atoms with E-state index in [2.05, 4.69) is 5.32 Å². The number of ether oxygens (including phenoxy) is 2. The number of methoxy groups -OCH3 is 1. The molecular formula is C18H20ClNO3. The van der Waals surface area contributed by atoms with Crippen LogP contribution >= 0.6 is 11.6 Å². The van der Waals surface area contributed by atoms with E-state index in [9.17, 15) is 4.79 Å². The summed E-state index contributed by atoms with van der Waals surface area (Å²) in [6.07, 6.45) is 0.00952. The lowest BCUT2D eigenvalue weighted by atomic mass is 10.2. The van der Waals surface area contributed by atoms with Gasteiger partial charge in [0, 0.05) is 11.6 Å². The number of amides is 1. The van der Waals surface area contributed by atoms with Crippen molar-refractivity contribution in [3.63, 3.8) is 0 Å². The van der Waals surface area contributed by atoms with Gasteiger partial charge >= 0.3 is 0 Å². The zero-order valence-corrected chi connectivity index (χ0v) is 14.0. The van der Waals surface area contributed by atoms with Gasteiger partial charge in [-0.15, -0.1) is 0 Å². The molecule has 5 heteroatoms. The minimum absolute atomic E-state index is 0.157. The lowest BCUT2D eigenvalue weighted by Gasteiger charge is -2.17. The van der Waals surface area contributed by atoms with E-state index in [1.807, 2.05) is 31.2 Å². The lowest BCUT2D eigenvalue weighted by Crippen LogP contribution is -2.37. The molecule has 2 aromatic carbocycles. The topological polar surface area (TPSA) is 47.6 Å². The summed E-state index contributed by atoms with van der Waals surface area (Å²) in [5.74, 6) is 1.19. The van der Waals surface area contributed by atoms with Gasteiger partial charge in [-0.05, 0) is 42.3 Å². The smallest absolute Gasteiger partial charge is 0.261 e. The van der Waals surface area contributed by atoms with Crippen molar-refractivity contribution in [1.29, 1.82) is 0 Å². The van der Waals surface area contributed by atoms with Crippen LogP contribution in [-0.4, -0.2) is 19.1 Å². The van der Waals surface area contributed by atoms with Gasteiger partial charge in [0.15, 0.2) is 6.10 Å². The van der Waals surface area contributed by atoms with Crippen molar-refractivity contribution >= 4 is 17.5 Å². The number of benzene rings is 2. The maximum atomic E-state index is 12.3. The molecule has 0 aliphatic heterocycles. The summed E-state index contributed by atoms with van der Waals surface area (Å²) >= 11 is 5.93. The predicted molar refractivity (Wildman–Crippen MR) is 91.0 cm³/mol. The molecule has 1 N–H and O–H groups in total. The number of hydrogen-bond donors (Lipinski definition) is 1. The Balaban J connectivity index is 1.94. The lowest BCUT2D eigenvalue weighted by molar-refractivity contribution is -0.128. The van der Waals surface area contributed by atoms with Crippen LogP contribution in [0.3, 0.4) is 0 Å². The van der Waals surface area contributed by atoms with E-state index in [0.29, 0.717) is 23.7 Å². The van der Waals surface area contributed by atoms with E-state index >= 15 is 0 Å². The number of nitrogens with one attached hydrogen (secondary N) is 1. The zero-order valence-electron chi connectivity index (χ0n) is 13.2. The van der Waals surface area contributed by atoms with Crippen LogP contribution in [0.25, 0.3) is 0 Å². The van der Waals surface area contributed by atoms with Gasteiger partial charge in [0.25, 0.3) is 5.91 Å². The molecule has 4 nitrogen and oxygen atoms in total. The first-order valence-electron chi connectivity index (χ1n) is 7.45. The predicted octanol–water partition coefficient (Wildman–Crippen LogP) is 3.82. The fourth-order valence-electron chi connectivity index (χ4n) is 2.11. The molecule has 2 rings (SSSR count). The summed E-state index contributed by atoms with van der Waals surface area (Å²) in [6.45, 7) is 2.33. The average Bonchev–Trinajstić information content (AvgIpc) is 2.57. The minimum atomic E-state index is -0.556. The van der Waals surface area contributed by atoms with Crippen molar-refractivity contribution in [2.45, 2.75) is 26.0 Å². The molecule has 0 radical (unpaired) electrons. The number of carbonyl (C=O) groups is 1.